The summed E-state index contributed by atoms with van der Waals surface area (Å²) >= 11 is 0. The van der Waals surface area contributed by atoms with Gasteiger partial charge in [-0.05, 0) is 48.9 Å². The molecule has 124 valence electrons. The van der Waals surface area contributed by atoms with Gasteiger partial charge in [0.2, 0.25) is 11.8 Å². The van der Waals surface area contributed by atoms with E-state index in [0.29, 0.717) is 23.0 Å². The van der Waals surface area contributed by atoms with Gasteiger partial charge >= 0.3 is 0 Å². The second-order valence-corrected chi connectivity index (χ2v) is 6.91. The van der Waals surface area contributed by atoms with Gasteiger partial charge in [-0.1, -0.05) is 6.07 Å². The third kappa shape index (κ3) is 3.28. The molecule has 0 saturated heterocycles. The lowest BCUT2D eigenvalue weighted by molar-refractivity contribution is 0.533. The van der Waals surface area contributed by atoms with Crippen LogP contribution < -0.4 is 4.72 Å². The normalized spacial score (nSPS) is 11.5. The highest BCUT2D eigenvalue weighted by Gasteiger charge is 2.16. The number of hydrogen-bond donors (Lipinski definition) is 1. The predicted octanol–water partition coefficient (Wildman–Crippen LogP) is 3.29. The zero-order valence-corrected chi connectivity index (χ0v) is 13.8. The maximum Gasteiger partial charge on any atom is 0.261 e. The average Bonchev–Trinajstić information content (AvgIpc) is 2.96. The van der Waals surface area contributed by atoms with Crippen LogP contribution in [0.2, 0.25) is 0 Å². The van der Waals surface area contributed by atoms with Crippen molar-refractivity contribution in [3.8, 4) is 11.5 Å². The van der Waals surface area contributed by atoms with Crippen LogP contribution in [0.4, 0.5) is 10.1 Å². The van der Waals surface area contributed by atoms with E-state index in [2.05, 4.69) is 14.9 Å². The SMILES string of the molecule is Cc1nnc(-c2cccc(NS(=O)(=O)c3ccc(F)c(C)c3)c2)o1. The van der Waals surface area contributed by atoms with Gasteiger partial charge in [0.25, 0.3) is 10.0 Å². The van der Waals surface area contributed by atoms with E-state index in [9.17, 15) is 12.8 Å². The highest BCUT2D eigenvalue weighted by Crippen LogP contribution is 2.24. The Morgan fingerprint density at radius 2 is 1.88 bits per heavy atom. The fourth-order valence-electron chi connectivity index (χ4n) is 2.13. The summed E-state index contributed by atoms with van der Waals surface area (Å²) in [6.45, 7) is 3.17. The number of benzene rings is 2. The fourth-order valence-corrected chi connectivity index (χ4v) is 3.26. The van der Waals surface area contributed by atoms with Crippen LogP contribution in [0.25, 0.3) is 11.5 Å². The number of halogens is 1. The van der Waals surface area contributed by atoms with Crippen molar-refractivity contribution in [3.63, 3.8) is 0 Å². The molecule has 0 spiro atoms. The molecule has 0 radical (unpaired) electrons. The Labute approximate surface area is 138 Å². The van der Waals surface area contributed by atoms with Crippen molar-refractivity contribution in [2.24, 2.45) is 0 Å². The molecule has 3 aromatic rings. The van der Waals surface area contributed by atoms with E-state index in [-0.39, 0.29) is 10.5 Å². The lowest BCUT2D eigenvalue weighted by atomic mass is 10.2. The number of rotatable bonds is 4. The Morgan fingerprint density at radius 3 is 2.54 bits per heavy atom. The molecular weight excluding hydrogens is 333 g/mol. The second kappa shape index (κ2) is 6.04. The topological polar surface area (TPSA) is 85.1 Å². The molecule has 0 amide bonds. The van der Waals surface area contributed by atoms with Crippen LogP contribution in [-0.4, -0.2) is 18.6 Å². The second-order valence-electron chi connectivity index (χ2n) is 5.22. The number of anilines is 1. The lowest BCUT2D eigenvalue weighted by Gasteiger charge is -2.09. The predicted molar refractivity (Wildman–Crippen MR) is 86.4 cm³/mol. The van der Waals surface area contributed by atoms with Crippen molar-refractivity contribution in [1.82, 2.24) is 10.2 Å². The number of nitrogens with one attached hydrogen (secondary N) is 1. The maximum absolute atomic E-state index is 13.3. The molecule has 0 fully saturated rings. The minimum absolute atomic E-state index is 0.0135. The number of hydrogen-bond acceptors (Lipinski definition) is 5. The first-order valence-corrected chi connectivity index (χ1v) is 8.53. The van der Waals surface area contributed by atoms with Crippen molar-refractivity contribution in [2.45, 2.75) is 18.7 Å². The largest absolute Gasteiger partial charge is 0.421 e. The van der Waals surface area contributed by atoms with Crippen molar-refractivity contribution >= 4 is 15.7 Å². The number of aryl methyl sites for hydroxylation is 2. The van der Waals surface area contributed by atoms with Crippen LogP contribution in [0.15, 0.2) is 51.8 Å². The molecule has 0 aliphatic heterocycles. The number of nitrogens with zero attached hydrogens (tertiary/aromatic N) is 2. The van der Waals surface area contributed by atoms with Gasteiger partial charge in [0.1, 0.15) is 5.82 Å². The molecule has 0 bridgehead atoms. The zero-order valence-electron chi connectivity index (χ0n) is 12.9. The van der Waals surface area contributed by atoms with E-state index in [0.717, 1.165) is 6.07 Å². The van der Waals surface area contributed by atoms with E-state index >= 15 is 0 Å². The smallest absolute Gasteiger partial charge is 0.261 e. The van der Waals surface area contributed by atoms with Gasteiger partial charge in [0.05, 0.1) is 4.90 Å². The van der Waals surface area contributed by atoms with Gasteiger partial charge in [0.15, 0.2) is 0 Å². The van der Waals surface area contributed by atoms with Crippen molar-refractivity contribution in [3.05, 3.63) is 59.7 Å². The Balaban J connectivity index is 1.91. The van der Waals surface area contributed by atoms with E-state index in [1.165, 1.54) is 19.1 Å². The van der Waals surface area contributed by atoms with Crippen LogP contribution in [0.5, 0.6) is 0 Å². The van der Waals surface area contributed by atoms with Crippen molar-refractivity contribution in [1.29, 1.82) is 0 Å². The van der Waals surface area contributed by atoms with Gasteiger partial charge in [-0.3, -0.25) is 4.72 Å². The fraction of sp³-hybridized carbons (Fsp3) is 0.125. The van der Waals surface area contributed by atoms with Gasteiger partial charge in [-0.2, -0.15) is 0 Å². The molecule has 0 saturated carbocycles. The van der Waals surface area contributed by atoms with Crippen LogP contribution in [0.3, 0.4) is 0 Å². The standard InChI is InChI=1S/C16H14FN3O3S/c1-10-8-14(6-7-15(10)17)24(21,22)20-13-5-3-4-12(9-13)16-19-18-11(2)23-16/h3-9,20H,1-2H3. The summed E-state index contributed by atoms with van der Waals surface area (Å²) in [5.74, 6) is 0.256. The summed E-state index contributed by atoms with van der Waals surface area (Å²) in [5.41, 5.74) is 1.18. The van der Waals surface area contributed by atoms with Crippen molar-refractivity contribution < 1.29 is 17.2 Å². The average molecular weight is 347 g/mol. The van der Waals surface area contributed by atoms with Crippen LogP contribution in [0.1, 0.15) is 11.5 Å². The van der Waals surface area contributed by atoms with Crippen LogP contribution in [0, 0.1) is 19.7 Å². The minimum Gasteiger partial charge on any atom is -0.421 e. The molecule has 0 aliphatic rings. The molecule has 1 aromatic heterocycles. The monoisotopic (exact) mass is 347 g/mol. The number of sulfonamides is 1. The highest BCUT2D eigenvalue weighted by molar-refractivity contribution is 7.92. The van der Waals surface area contributed by atoms with Crippen LogP contribution in [-0.2, 0) is 10.0 Å². The highest BCUT2D eigenvalue weighted by atomic mass is 32.2. The quantitative estimate of drug-likeness (QED) is 0.783. The molecule has 3 rings (SSSR count). The molecule has 6 nitrogen and oxygen atoms in total. The Kier molecular flexibility index (Phi) is 4.06. The van der Waals surface area contributed by atoms with Gasteiger partial charge in [-0.25, -0.2) is 12.8 Å². The molecule has 2 aromatic carbocycles. The van der Waals surface area contributed by atoms with E-state index < -0.39 is 15.8 Å². The Bertz CT molecular complexity index is 999. The molecule has 8 heteroatoms. The molecule has 0 aliphatic carbocycles. The summed E-state index contributed by atoms with van der Waals surface area (Å²) in [4.78, 5) is -0.0135. The van der Waals surface area contributed by atoms with E-state index in [4.69, 9.17) is 4.42 Å². The first-order chi connectivity index (χ1) is 11.3. The number of aromatic nitrogens is 2. The van der Waals surface area contributed by atoms with E-state index in [1.807, 2.05) is 0 Å². The molecule has 24 heavy (non-hydrogen) atoms. The summed E-state index contributed by atoms with van der Waals surface area (Å²) in [6, 6.07) is 10.2. The minimum atomic E-state index is -3.83. The summed E-state index contributed by atoms with van der Waals surface area (Å²) < 4.78 is 46.0. The molecule has 1 N–H and O–H groups in total. The molecule has 0 atom stereocenters. The maximum atomic E-state index is 13.3. The van der Waals surface area contributed by atoms with Gasteiger partial charge in [-0.15, -0.1) is 10.2 Å². The first kappa shape index (κ1) is 16.1. The summed E-state index contributed by atoms with van der Waals surface area (Å²) in [6.07, 6.45) is 0. The third-order valence-corrected chi connectivity index (χ3v) is 4.71. The zero-order chi connectivity index (χ0) is 17.3. The summed E-state index contributed by atoms with van der Waals surface area (Å²) in [5, 5.41) is 7.64. The molecular formula is C16H14FN3O3S. The van der Waals surface area contributed by atoms with Gasteiger partial charge < -0.3 is 4.42 Å². The lowest BCUT2D eigenvalue weighted by Crippen LogP contribution is -2.13. The molecule has 1 heterocycles. The van der Waals surface area contributed by atoms with Gasteiger partial charge in [0, 0.05) is 18.2 Å². The molecule has 0 unspecified atom stereocenters. The third-order valence-electron chi connectivity index (χ3n) is 3.33. The Morgan fingerprint density at radius 1 is 1.08 bits per heavy atom. The summed E-state index contributed by atoms with van der Waals surface area (Å²) in [7, 11) is -3.83. The first-order valence-electron chi connectivity index (χ1n) is 7.05. The van der Waals surface area contributed by atoms with E-state index in [1.54, 1.807) is 31.2 Å². The van der Waals surface area contributed by atoms with Crippen LogP contribution >= 0.6 is 0 Å². The Hall–Kier alpha value is -2.74. The van der Waals surface area contributed by atoms with Crippen molar-refractivity contribution in [2.75, 3.05) is 4.72 Å².